The topological polar surface area (TPSA) is 64.0 Å². The summed E-state index contributed by atoms with van der Waals surface area (Å²) in [6.45, 7) is 1.37. The van der Waals surface area contributed by atoms with E-state index in [-0.39, 0.29) is 22.2 Å². The molecular formula is C15H19ClN2O3. The first-order valence-corrected chi connectivity index (χ1v) is 7.58. The Morgan fingerprint density at radius 2 is 1.86 bits per heavy atom. The minimum atomic E-state index is -0.433. The SMILES string of the molecule is CN1C2CCC[C@H]1CN(C(=O)c1ccc(O)c(O)c1Cl)C2. The maximum Gasteiger partial charge on any atom is 0.255 e. The smallest absolute Gasteiger partial charge is 0.255 e. The van der Waals surface area contributed by atoms with Crippen molar-refractivity contribution >= 4 is 17.5 Å². The summed E-state index contributed by atoms with van der Waals surface area (Å²) in [5.74, 6) is -0.927. The summed E-state index contributed by atoms with van der Waals surface area (Å²) in [7, 11) is 2.12. The van der Waals surface area contributed by atoms with Crippen molar-refractivity contribution in [2.45, 2.75) is 31.3 Å². The van der Waals surface area contributed by atoms with Crippen LogP contribution in [0.25, 0.3) is 0 Å². The van der Waals surface area contributed by atoms with Gasteiger partial charge in [-0.3, -0.25) is 9.69 Å². The van der Waals surface area contributed by atoms with Crippen LogP contribution in [0.5, 0.6) is 11.5 Å². The average molecular weight is 311 g/mol. The molecule has 0 aromatic heterocycles. The van der Waals surface area contributed by atoms with Gasteiger partial charge in [0.2, 0.25) is 0 Å². The van der Waals surface area contributed by atoms with Crippen LogP contribution in [-0.2, 0) is 0 Å². The zero-order valence-electron chi connectivity index (χ0n) is 11.9. The van der Waals surface area contributed by atoms with Gasteiger partial charge in [-0.15, -0.1) is 0 Å². The van der Waals surface area contributed by atoms with Gasteiger partial charge in [0.05, 0.1) is 10.6 Å². The van der Waals surface area contributed by atoms with Gasteiger partial charge in [0.25, 0.3) is 5.91 Å². The predicted octanol–water partition coefficient (Wildman–Crippen LogP) is 2.06. The molecule has 21 heavy (non-hydrogen) atoms. The van der Waals surface area contributed by atoms with E-state index in [0.717, 1.165) is 12.8 Å². The van der Waals surface area contributed by atoms with Gasteiger partial charge in [0.1, 0.15) is 0 Å². The van der Waals surface area contributed by atoms with E-state index in [4.69, 9.17) is 11.6 Å². The Labute approximate surface area is 128 Å². The summed E-state index contributed by atoms with van der Waals surface area (Å²) in [6, 6.07) is 3.55. The molecule has 5 nitrogen and oxygen atoms in total. The summed E-state index contributed by atoms with van der Waals surface area (Å²) in [5.41, 5.74) is 0.245. The Morgan fingerprint density at radius 1 is 1.24 bits per heavy atom. The van der Waals surface area contributed by atoms with Gasteiger partial charge in [-0.05, 0) is 32.0 Å². The fraction of sp³-hybridized carbons (Fsp3) is 0.533. The Hall–Kier alpha value is -1.46. The Morgan fingerprint density at radius 3 is 2.48 bits per heavy atom. The van der Waals surface area contributed by atoms with Gasteiger partial charge in [0.15, 0.2) is 11.5 Å². The number of piperazine rings is 1. The number of phenols is 2. The third kappa shape index (κ3) is 2.45. The summed E-state index contributed by atoms with van der Waals surface area (Å²) in [5, 5.41) is 19.0. The standard InChI is InChI=1S/C15H19ClN2O3/c1-17-9-3-2-4-10(17)8-18(7-9)15(21)11-5-6-12(19)14(20)13(11)16/h5-6,9-10,19-20H,2-4,7-8H2,1H3/t9-,10?/m0/s1. The van der Waals surface area contributed by atoms with E-state index in [1.807, 2.05) is 4.90 Å². The van der Waals surface area contributed by atoms with E-state index in [9.17, 15) is 15.0 Å². The van der Waals surface area contributed by atoms with Gasteiger partial charge in [-0.2, -0.15) is 0 Å². The lowest BCUT2D eigenvalue weighted by Crippen LogP contribution is -2.60. The van der Waals surface area contributed by atoms with Crippen LogP contribution in [0.15, 0.2) is 12.1 Å². The fourth-order valence-electron chi connectivity index (χ4n) is 3.37. The molecule has 0 radical (unpaired) electrons. The van der Waals surface area contributed by atoms with Gasteiger partial charge in [-0.1, -0.05) is 18.0 Å². The van der Waals surface area contributed by atoms with E-state index < -0.39 is 5.75 Å². The summed E-state index contributed by atoms with van der Waals surface area (Å²) in [6.07, 6.45) is 3.42. The van der Waals surface area contributed by atoms with E-state index in [0.29, 0.717) is 25.2 Å². The third-order valence-corrected chi connectivity index (χ3v) is 5.08. The zero-order chi connectivity index (χ0) is 15.1. The molecule has 2 heterocycles. The molecule has 1 aromatic carbocycles. The number of carbonyl (C=O) groups is 1. The minimum Gasteiger partial charge on any atom is -0.504 e. The van der Waals surface area contributed by atoms with Crippen molar-refractivity contribution < 1.29 is 15.0 Å². The molecule has 2 aliphatic rings. The molecule has 2 aliphatic heterocycles. The number of halogens is 1. The number of rotatable bonds is 1. The van der Waals surface area contributed by atoms with Crippen LogP contribution in [0.2, 0.25) is 5.02 Å². The Balaban J connectivity index is 1.85. The van der Waals surface area contributed by atoms with Crippen molar-refractivity contribution in [1.82, 2.24) is 9.80 Å². The van der Waals surface area contributed by atoms with Crippen molar-refractivity contribution in [3.63, 3.8) is 0 Å². The summed E-state index contributed by atoms with van der Waals surface area (Å²) >= 11 is 5.99. The lowest BCUT2D eigenvalue weighted by atomic mass is 9.91. The lowest BCUT2D eigenvalue weighted by Gasteiger charge is -2.48. The van der Waals surface area contributed by atoms with Gasteiger partial charge in [-0.25, -0.2) is 0 Å². The van der Waals surface area contributed by atoms with Crippen molar-refractivity contribution in [3.05, 3.63) is 22.7 Å². The number of phenolic OH excluding ortho intramolecular Hbond substituents is 2. The van der Waals surface area contributed by atoms with E-state index in [1.54, 1.807) is 0 Å². The molecule has 1 aromatic rings. The summed E-state index contributed by atoms with van der Waals surface area (Å²) < 4.78 is 0. The molecule has 2 atom stereocenters. The largest absolute Gasteiger partial charge is 0.504 e. The number of likely N-dealkylation sites (tertiary alicyclic amines) is 1. The molecule has 0 spiro atoms. The van der Waals surface area contributed by atoms with Crippen LogP contribution >= 0.6 is 11.6 Å². The molecular weight excluding hydrogens is 292 g/mol. The number of aromatic hydroxyl groups is 2. The second-order valence-electron chi connectivity index (χ2n) is 5.91. The number of hydrogen-bond acceptors (Lipinski definition) is 4. The lowest BCUT2D eigenvalue weighted by molar-refractivity contribution is 0.0111. The van der Waals surface area contributed by atoms with E-state index in [1.165, 1.54) is 18.6 Å². The Bertz CT molecular complexity index is 564. The minimum absolute atomic E-state index is 0.0795. The number of hydrogen-bond donors (Lipinski definition) is 2. The number of nitrogens with zero attached hydrogens (tertiary/aromatic N) is 2. The first-order valence-electron chi connectivity index (χ1n) is 7.20. The van der Waals surface area contributed by atoms with Gasteiger partial charge >= 0.3 is 0 Å². The molecule has 1 amide bonds. The van der Waals surface area contributed by atoms with Crippen molar-refractivity contribution in [3.8, 4) is 11.5 Å². The normalized spacial score (nSPS) is 25.9. The first-order chi connectivity index (χ1) is 9.99. The quantitative estimate of drug-likeness (QED) is 0.779. The number of likely N-dealkylation sites (N-methyl/N-ethyl adjacent to an activating group) is 1. The van der Waals surface area contributed by atoms with Crippen molar-refractivity contribution in [1.29, 1.82) is 0 Å². The molecule has 2 N–H and O–H groups in total. The molecule has 2 fully saturated rings. The van der Waals surface area contributed by atoms with Gasteiger partial charge in [0, 0.05) is 25.2 Å². The highest BCUT2D eigenvalue weighted by molar-refractivity contribution is 6.35. The number of fused-ring (bicyclic) bond motifs is 2. The monoisotopic (exact) mass is 310 g/mol. The molecule has 6 heteroatoms. The number of piperidine rings is 1. The second kappa shape index (κ2) is 5.39. The number of amides is 1. The fourth-order valence-corrected chi connectivity index (χ4v) is 3.61. The number of carbonyl (C=O) groups excluding carboxylic acids is 1. The molecule has 2 bridgehead atoms. The zero-order valence-corrected chi connectivity index (χ0v) is 12.7. The van der Waals surface area contributed by atoms with Crippen LogP contribution in [-0.4, -0.2) is 58.1 Å². The van der Waals surface area contributed by atoms with Crippen LogP contribution in [0.4, 0.5) is 0 Å². The maximum atomic E-state index is 12.7. The van der Waals surface area contributed by atoms with Crippen molar-refractivity contribution in [2.24, 2.45) is 0 Å². The van der Waals surface area contributed by atoms with E-state index in [2.05, 4.69) is 11.9 Å². The van der Waals surface area contributed by atoms with E-state index >= 15 is 0 Å². The molecule has 2 saturated heterocycles. The predicted molar refractivity (Wildman–Crippen MR) is 79.9 cm³/mol. The molecule has 0 saturated carbocycles. The number of benzene rings is 1. The molecule has 1 unspecified atom stereocenters. The third-order valence-electron chi connectivity index (χ3n) is 4.70. The Kier molecular flexibility index (Phi) is 3.71. The highest BCUT2D eigenvalue weighted by Crippen LogP contribution is 2.36. The highest BCUT2D eigenvalue weighted by atomic mass is 35.5. The van der Waals surface area contributed by atoms with Crippen LogP contribution < -0.4 is 0 Å². The second-order valence-corrected chi connectivity index (χ2v) is 6.29. The van der Waals surface area contributed by atoms with Gasteiger partial charge < -0.3 is 15.1 Å². The van der Waals surface area contributed by atoms with Crippen LogP contribution in [0, 0.1) is 0 Å². The molecule has 114 valence electrons. The first kappa shape index (κ1) is 14.5. The summed E-state index contributed by atoms with van der Waals surface area (Å²) in [4.78, 5) is 16.8. The molecule has 0 aliphatic carbocycles. The van der Waals surface area contributed by atoms with Crippen molar-refractivity contribution in [2.75, 3.05) is 20.1 Å². The van der Waals surface area contributed by atoms with Crippen LogP contribution in [0.1, 0.15) is 29.6 Å². The average Bonchev–Trinajstić information content (AvgIpc) is 2.44. The molecule has 3 rings (SSSR count). The van der Waals surface area contributed by atoms with Crippen LogP contribution in [0.3, 0.4) is 0 Å². The highest BCUT2D eigenvalue weighted by Gasteiger charge is 2.37. The maximum absolute atomic E-state index is 12.7.